The number of hydrogen-bond donors (Lipinski definition) is 1. The molecule has 0 aliphatic carbocycles. The molecule has 0 aromatic carbocycles. The number of carbonyl (C=O) groups is 1. The lowest BCUT2D eigenvalue weighted by Gasteiger charge is -1.99. The van der Waals surface area contributed by atoms with E-state index in [1.54, 1.807) is 0 Å². The molecule has 108 valence electrons. The summed E-state index contributed by atoms with van der Waals surface area (Å²) in [5.41, 5.74) is 0.697. The Kier molecular flexibility index (Phi) is 4.02. The van der Waals surface area contributed by atoms with Crippen molar-refractivity contribution >= 4 is 28.8 Å². The van der Waals surface area contributed by atoms with Gasteiger partial charge in [-0.25, -0.2) is 0 Å². The molecule has 0 spiro atoms. The van der Waals surface area contributed by atoms with Crippen LogP contribution in [-0.2, 0) is 13.0 Å². The van der Waals surface area contributed by atoms with E-state index in [1.807, 2.05) is 24.4 Å². The summed E-state index contributed by atoms with van der Waals surface area (Å²) >= 11 is 2.61. The number of hydrogen-bond acceptors (Lipinski definition) is 8. The molecule has 3 aromatic rings. The number of aryl methyl sites for hydroxylation is 1. The predicted octanol–water partition coefficient (Wildman–Crippen LogP) is 2.14. The molecular weight excluding hydrogens is 310 g/mol. The van der Waals surface area contributed by atoms with Crippen LogP contribution < -0.4 is 5.32 Å². The fourth-order valence-corrected chi connectivity index (χ4v) is 3.00. The van der Waals surface area contributed by atoms with Gasteiger partial charge in [0, 0.05) is 0 Å². The van der Waals surface area contributed by atoms with Gasteiger partial charge in [0.25, 0.3) is 5.91 Å². The molecule has 0 fully saturated rings. The van der Waals surface area contributed by atoms with Crippen LogP contribution in [0.25, 0.3) is 10.7 Å². The highest BCUT2D eigenvalue weighted by atomic mass is 32.1. The average molecular weight is 321 g/mol. The molecule has 9 heteroatoms. The van der Waals surface area contributed by atoms with Crippen molar-refractivity contribution in [3.05, 3.63) is 34.0 Å². The van der Waals surface area contributed by atoms with Crippen LogP contribution in [0.4, 0.5) is 0 Å². The minimum absolute atomic E-state index is 0.179. The van der Waals surface area contributed by atoms with Gasteiger partial charge in [-0.05, 0) is 29.4 Å². The van der Waals surface area contributed by atoms with Crippen LogP contribution in [0.3, 0.4) is 0 Å². The highest BCUT2D eigenvalue weighted by molar-refractivity contribution is 7.13. The Morgan fingerprint density at radius 1 is 1.48 bits per heavy atom. The summed E-state index contributed by atoms with van der Waals surface area (Å²) in [5, 5.41) is 12.5. The largest absolute Gasteiger partial charge is 0.342 e. The number of thiophene rings is 1. The van der Waals surface area contributed by atoms with Crippen molar-refractivity contribution in [1.82, 2.24) is 25.0 Å². The molecule has 1 N–H and O–H groups in total. The lowest BCUT2D eigenvalue weighted by Crippen LogP contribution is -2.23. The quantitative estimate of drug-likeness (QED) is 0.774. The van der Waals surface area contributed by atoms with Gasteiger partial charge < -0.3 is 9.84 Å². The van der Waals surface area contributed by atoms with E-state index in [1.165, 1.54) is 11.3 Å². The van der Waals surface area contributed by atoms with E-state index in [4.69, 9.17) is 4.52 Å². The van der Waals surface area contributed by atoms with E-state index >= 15 is 0 Å². The van der Waals surface area contributed by atoms with E-state index in [0.29, 0.717) is 28.7 Å². The van der Waals surface area contributed by atoms with Crippen LogP contribution in [0.5, 0.6) is 0 Å². The van der Waals surface area contributed by atoms with Crippen LogP contribution in [0.15, 0.2) is 22.0 Å². The summed E-state index contributed by atoms with van der Waals surface area (Å²) < 4.78 is 8.90. The molecule has 3 aromatic heterocycles. The van der Waals surface area contributed by atoms with Gasteiger partial charge in [0.15, 0.2) is 0 Å². The van der Waals surface area contributed by atoms with Gasteiger partial charge in [-0.2, -0.15) is 4.98 Å². The molecule has 7 nitrogen and oxygen atoms in total. The zero-order chi connectivity index (χ0) is 14.7. The van der Waals surface area contributed by atoms with Crippen molar-refractivity contribution in [3.63, 3.8) is 0 Å². The minimum Gasteiger partial charge on any atom is -0.342 e. The predicted molar refractivity (Wildman–Crippen MR) is 78.1 cm³/mol. The fraction of sp³-hybridized carbons (Fsp3) is 0.250. The summed E-state index contributed by atoms with van der Waals surface area (Å²) in [6.45, 7) is 2.11. The Hall–Kier alpha value is -2.13. The monoisotopic (exact) mass is 321 g/mol. The number of nitrogens with zero attached hydrogens (tertiary/aromatic N) is 4. The number of rotatable bonds is 5. The first-order valence-electron chi connectivity index (χ1n) is 6.23. The average Bonchev–Trinajstić information content (AvgIpc) is 3.24. The van der Waals surface area contributed by atoms with Gasteiger partial charge >= 0.3 is 0 Å². The molecule has 1 amide bonds. The molecule has 0 saturated heterocycles. The summed E-state index contributed by atoms with van der Waals surface area (Å²) in [6.07, 6.45) is 0.669. The molecule has 0 radical (unpaired) electrons. The van der Waals surface area contributed by atoms with Crippen molar-refractivity contribution in [2.75, 3.05) is 0 Å². The molecule has 0 aliphatic heterocycles. The Labute approximate surface area is 128 Å². The lowest BCUT2D eigenvalue weighted by atomic mass is 10.3. The van der Waals surface area contributed by atoms with Crippen molar-refractivity contribution in [1.29, 1.82) is 0 Å². The number of carbonyl (C=O) groups excluding carboxylic acids is 1. The third-order valence-corrected chi connectivity index (χ3v) is 4.34. The Balaban J connectivity index is 1.64. The Morgan fingerprint density at radius 3 is 3.14 bits per heavy atom. The van der Waals surface area contributed by atoms with Gasteiger partial charge in [0.1, 0.15) is 4.88 Å². The maximum atomic E-state index is 12.0. The van der Waals surface area contributed by atoms with Crippen LogP contribution >= 0.6 is 22.9 Å². The zero-order valence-corrected chi connectivity index (χ0v) is 12.7. The van der Waals surface area contributed by atoms with Crippen LogP contribution in [-0.4, -0.2) is 25.6 Å². The first-order valence-corrected chi connectivity index (χ1v) is 7.89. The maximum absolute atomic E-state index is 12.0. The number of nitrogens with one attached hydrogen (secondary N) is 1. The second-order valence-electron chi connectivity index (χ2n) is 4.07. The van der Waals surface area contributed by atoms with E-state index in [9.17, 15) is 4.79 Å². The molecule has 3 rings (SSSR count). The van der Waals surface area contributed by atoms with E-state index in [2.05, 4.69) is 25.0 Å². The van der Waals surface area contributed by atoms with Gasteiger partial charge in [-0.1, -0.05) is 22.6 Å². The van der Waals surface area contributed by atoms with Crippen molar-refractivity contribution in [2.45, 2.75) is 19.9 Å². The standard InChI is InChI=1S/C12H11N5O2S2/c1-2-7-10(21-17-15-7)12(18)13-6-9-14-11(16-19-9)8-4-3-5-20-8/h3-5H,2,6H2,1H3,(H,13,18). The van der Waals surface area contributed by atoms with E-state index < -0.39 is 0 Å². The van der Waals surface area contributed by atoms with Gasteiger partial charge in [0.2, 0.25) is 11.7 Å². The van der Waals surface area contributed by atoms with Crippen LogP contribution in [0.2, 0.25) is 0 Å². The normalized spacial score (nSPS) is 10.7. The number of aromatic nitrogens is 4. The van der Waals surface area contributed by atoms with Gasteiger partial charge in [0.05, 0.1) is 17.1 Å². The smallest absolute Gasteiger partial charge is 0.265 e. The third-order valence-electron chi connectivity index (χ3n) is 2.71. The molecule has 0 saturated carbocycles. The van der Waals surface area contributed by atoms with Gasteiger partial charge in [-0.3, -0.25) is 4.79 Å². The first kappa shape index (κ1) is 13.8. The second kappa shape index (κ2) is 6.10. The maximum Gasteiger partial charge on any atom is 0.265 e. The number of amides is 1. The molecule has 0 unspecified atom stereocenters. The third kappa shape index (κ3) is 2.98. The zero-order valence-electron chi connectivity index (χ0n) is 11.1. The first-order chi connectivity index (χ1) is 10.3. The van der Waals surface area contributed by atoms with Crippen LogP contribution in [0, 0.1) is 0 Å². The lowest BCUT2D eigenvalue weighted by molar-refractivity contribution is 0.0949. The Morgan fingerprint density at radius 2 is 2.38 bits per heavy atom. The molecule has 0 atom stereocenters. The van der Waals surface area contributed by atoms with Crippen molar-refractivity contribution in [2.24, 2.45) is 0 Å². The van der Waals surface area contributed by atoms with Crippen molar-refractivity contribution in [3.8, 4) is 10.7 Å². The highest BCUT2D eigenvalue weighted by Gasteiger charge is 2.16. The van der Waals surface area contributed by atoms with E-state index in [0.717, 1.165) is 16.4 Å². The van der Waals surface area contributed by atoms with Crippen LogP contribution in [0.1, 0.15) is 28.2 Å². The summed E-state index contributed by atoms with van der Waals surface area (Å²) in [5.74, 6) is 0.669. The van der Waals surface area contributed by atoms with Crippen molar-refractivity contribution < 1.29 is 9.32 Å². The SMILES string of the molecule is CCc1nnsc1C(=O)NCc1nc(-c2cccs2)no1. The second-order valence-corrected chi connectivity index (χ2v) is 5.78. The summed E-state index contributed by atoms with van der Waals surface area (Å²) in [4.78, 5) is 17.7. The molecule has 21 heavy (non-hydrogen) atoms. The minimum atomic E-state index is -0.224. The molecule has 0 bridgehead atoms. The summed E-state index contributed by atoms with van der Waals surface area (Å²) in [6, 6.07) is 3.83. The molecular formula is C12H11N5O2S2. The topological polar surface area (TPSA) is 93.8 Å². The Bertz CT molecular complexity index is 735. The highest BCUT2D eigenvalue weighted by Crippen LogP contribution is 2.21. The fourth-order valence-electron chi connectivity index (χ4n) is 1.68. The molecule has 3 heterocycles. The van der Waals surface area contributed by atoms with E-state index in [-0.39, 0.29) is 12.5 Å². The summed E-state index contributed by atoms with van der Waals surface area (Å²) in [7, 11) is 0. The van der Waals surface area contributed by atoms with Gasteiger partial charge in [-0.15, -0.1) is 16.4 Å². The molecule has 0 aliphatic rings.